The van der Waals surface area contributed by atoms with Crippen molar-refractivity contribution >= 4 is 11.9 Å². The van der Waals surface area contributed by atoms with Crippen LogP contribution in [0.4, 0.5) is 19.1 Å². The number of carboxylic acids is 1. The molecule has 3 N–H and O–H groups in total. The zero-order chi connectivity index (χ0) is 20.6. The lowest BCUT2D eigenvalue weighted by molar-refractivity contribution is -0.192. The van der Waals surface area contributed by atoms with Crippen LogP contribution in [0.15, 0.2) is 36.5 Å². The van der Waals surface area contributed by atoms with Crippen LogP contribution in [0.2, 0.25) is 0 Å². The predicted octanol–water partition coefficient (Wildman–Crippen LogP) is 2.68. The van der Waals surface area contributed by atoms with Crippen LogP contribution < -0.4 is 20.1 Å². The van der Waals surface area contributed by atoms with Gasteiger partial charge in [-0.15, -0.1) is 0 Å². The number of rotatable bonds is 5. The largest absolute Gasteiger partial charge is 0.493 e. The van der Waals surface area contributed by atoms with Crippen LogP contribution in [-0.2, 0) is 4.79 Å². The summed E-state index contributed by atoms with van der Waals surface area (Å²) in [5, 5.41) is 13.7. The Hall–Kier alpha value is -3.08. The number of aromatic nitrogens is 2. The Bertz CT molecular complexity index is 783. The van der Waals surface area contributed by atoms with Crippen molar-refractivity contribution in [3.8, 4) is 17.4 Å². The highest BCUT2D eigenvalue weighted by molar-refractivity contribution is 5.73. The first-order valence-electron chi connectivity index (χ1n) is 8.21. The summed E-state index contributed by atoms with van der Waals surface area (Å²) >= 11 is 0. The fourth-order valence-electron chi connectivity index (χ4n) is 2.24. The van der Waals surface area contributed by atoms with Gasteiger partial charge in [-0.2, -0.15) is 18.2 Å². The second kappa shape index (κ2) is 9.74. The molecule has 0 saturated carbocycles. The molecule has 1 aliphatic heterocycles. The average molecular weight is 400 g/mol. The first kappa shape index (κ1) is 21.2. The third-order valence-corrected chi connectivity index (χ3v) is 3.55. The highest BCUT2D eigenvalue weighted by Crippen LogP contribution is 2.30. The number of anilines is 1. The van der Waals surface area contributed by atoms with E-state index in [1.807, 2.05) is 24.3 Å². The first-order valence-corrected chi connectivity index (χ1v) is 8.21. The molecule has 0 bridgehead atoms. The average Bonchev–Trinajstić information content (AvgIpc) is 3.15. The van der Waals surface area contributed by atoms with Gasteiger partial charge in [0.2, 0.25) is 11.8 Å². The Kier molecular flexibility index (Phi) is 7.38. The van der Waals surface area contributed by atoms with Crippen LogP contribution in [-0.4, -0.2) is 53.5 Å². The minimum Gasteiger partial charge on any atom is -0.493 e. The molecular weight excluding hydrogens is 381 g/mol. The molecule has 28 heavy (non-hydrogen) atoms. The normalized spacial score (nSPS) is 15.9. The monoisotopic (exact) mass is 400 g/mol. The second-order valence-electron chi connectivity index (χ2n) is 5.61. The zero-order valence-electron chi connectivity index (χ0n) is 14.9. The van der Waals surface area contributed by atoms with Crippen molar-refractivity contribution in [2.24, 2.45) is 0 Å². The molecule has 0 spiro atoms. The number of nitrogens with zero attached hydrogens (tertiary/aromatic N) is 2. The van der Waals surface area contributed by atoms with E-state index in [0.717, 1.165) is 19.5 Å². The van der Waals surface area contributed by atoms with Gasteiger partial charge in [0.25, 0.3) is 0 Å². The molecule has 0 radical (unpaired) electrons. The molecule has 8 nitrogen and oxygen atoms in total. The van der Waals surface area contributed by atoms with E-state index < -0.39 is 12.1 Å². The van der Waals surface area contributed by atoms with Crippen molar-refractivity contribution in [3.63, 3.8) is 0 Å². The number of carbonyl (C=O) groups is 1. The van der Waals surface area contributed by atoms with Gasteiger partial charge >= 0.3 is 12.1 Å². The molecule has 3 rings (SSSR count). The number of aliphatic carboxylic acids is 1. The number of nitrogens with one attached hydrogen (secondary N) is 2. The summed E-state index contributed by atoms with van der Waals surface area (Å²) in [7, 11) is 1.61. The van der Waals surface area contributed by atoms with Crippen molar-refractivity contribution in [1.29, 1.82) is 0 Å². The highest BCUT2D eigenvalue weighted by Gasteiger charge is 2.38. The van der Waals surface area contributed by atoms with Crippen molar-refractivity contribution in [1.82, 2.24) is 15.3 Å². The smallest absolute Gasteiger partial charge is 0.490 e. The van der Waals surface area contributed by atoms with Crippen LogP contribution in [0.5, 0.6) is 17.4 Å². The van der Waals surface area contributed by atoms with Gasteiger partial charge in [0.05, 0.1) is 7.11 Å². The lowest BCUT2D eigenvalue weighted by Crippen LogP contribution is -2.23. The number of alkyl halides is 3. The minimum atomic E-state index is -5.08. The number of methoxy groups -OCH3 is 1. The van der Waals surface area contributed by atoms with E-state index >= 15 is 0 Å². The number of carboxylic acid groups (broad SMARTS) is 1. The number of ether oxygens (including phenoxy) is 2. The molecular formula is C17H19F3N4O4. The van der Waals surface area contributed by atoms with E-state index in [9.17, 15) is 13.2 Å². The molecule has 1 aromatic carbocycles. The molecule has 0 amide bonds. The maximum Gasteiger partial charge on any atom is 0.490 e. The molecule has 152 valence electrons. The van der Waals surface area contributed by atoms with E-state index in [2.05, 4.69) is 20.6 Å². The Morgan fingerprint density at radius 2 is 1.96 bits per heavy atom. The lowest BCUT2D eigenvalue weighted by atomic mass is 10.3. The van der Waals surface area contributed by atoms with Gasteiger partial charge in [0, 0.05) is 24.8 Å². The van der Waals surface area contributed by atoms with E-state index in [1.54, 1.807) is 19.4 Å². The summed E-state index contributed by atoms with van der Waals surface area (Å²) in [6.45, 7) is 1.95. The molecule has 1 aliphatic rings. The Morgan fingerprint density at radius 3 is 2.54 bits per heavy atom. The van der Waals surface area contributed by atoms with Crippen molar-refractivity contribution in [2.45, 2.75) is 18.6 Å². The Labute approximate surface area is 158 Å². The molecule has 1 atom stereocenters. The number of benzene rings is 1. The van der Waals surface area contributed by atoms with Gasteiger partial charge in [-0.25, -0.2) is 9.78 Å². The fraction of sp³-hybridized carbons (Fsp3) is 0.353. The summed E-state index contributed by atoms with van der Waals surface area (Å²) in [5.74, 6) is -0.385. The number of halogens is 3. The Morgan fingerprint density at radius 1 is 1.29 bits per heavy atom. The van der Waals surface area contributed by atoms with Crippen molar-refractivity contribution < 1.29 is 32.5 Å². The quantitative estimate of drug-likeness (QED) is 0.704. The van der Waals surface area contributed by atoms with E-state index in [4.69, 9.17) is 19.4 Å². The standard InChI is InChI=1S/C15H18N4O2.C2HF3O2/c1-20-12-4-2-3-5-13(12)21-14-7-9-17-15(19-14)18-11-6-8-16-10-11;3-2(4,5)1(6)7/h2-5,7,9,11,16H,6,8,10H2,1H3,(H,17,18,19);(H,6,7). The summed E-state index contributed by atoms with van der Waals surface area (Å²) in [6.07, 6.45) is -2.33. The summed E-state index contributed by atoms with van der Waals surface area (Å²) in [5.41, 5.74) is 0. The fourth-order valence-corrected chi connectivity index (χ4v) is 2.24. The number of para-hydroxylation sites is 2. The second-order valence-corrected chi connectivity index (χ2v) is 5.61. The third kappa shape index (κ3) is 6.58. The predicted molar refractivity (Wildman–Crippen MR) is 93.7 cm³/mol. The van der Waals surface area contributed by atoms with Crippen LogP contribution in [0, 0.1) is 0 Å². The number of hydrogen-bond donors (Lipinski definition) is 3. The molecule has 1 unspecified atom stereocenters. The van der Waals surface area contributed by atoms with Gasteiger partial charge in [-0.1, -0.05) is 12.1 Å². The molecule has 1 saturated heterocycles. The van der Waals surface area contributed by atoms with Gasteiger partial charge in [0.1, 0.15) is 0 Å². The van der Waals surface area contributed by atoms with Crippen LogP contribution in [0.1, 0.15) is 6.42 Å². The number of hydrogen-bond acceptors (Lipinski definition) is 7. The summed E-state index contributed by atoms with van der Waals surface area (Å²) in [6, 6.07) is 9.57. The van der Waals surface area contributed by atoms with Crippen LogP contribution in [0.3, 0.4) is 0 Å². The maximum absolute atomic E-state index is 10.6. The minimum absolute atomic E-state index is 0.367. The molecule has 1 fully saturated rings. The third-order valence-electron chi connectivity index (χ3n) is 3.55. The Balaban J connectivity index is 0.000000345. The SMILES string of the molecule is COc1ccccc1Oc1ccnc(NC2CCNC2)n1.O=C(O)C(F)(F)F. The van der Waals surface area contributed by atoms with E-state index in [0.29, 0.717) is 29.4 Å². The van der Waals surface area contributed by atoms with Gasteiger partial charge in [-0.3, -0.25) is 0 Å². The zero-order valence-corrected chi connectivity index (χ0v) is 14.9. The lowest BCUT2D eigenvalue weighted by Gasteiger charge is -2.12. The summed E-state index contributed by atoms with van der Waals surface area (Å²) in [4.78, 5) is 17.5. The highest BCUT2D eigenvalue weighted by atomic mass is 19.4. The topological polar surface area (TPSA) is 106 Å². The van der Waals surface area contributed by atoms with E-state index in [-0.39, 0.29) is 0 Å². The van der Waals surface area contributed by atoms with Crippen LogP contribution >= 0.6 is 0 Å². The van der Waals surface area contributed by atoms with Crippen molar-refractivity contribution in [2.75, 3.05) is 25.5 Å². The summed E-state index contributed by atoms with van der Waals surface area (Å²) < 4.78 is 42.8. The molecule has 2 heterocycles. The molecule has 1 aromatic heterocycles. The maximum atomic E-state index is 10.6. The first-order chi connectivity index (χ1) is 13.3. The van der Waals surface area contributed by atoms with Gasteiger partial charge in [0.15, 0.2) is 11.5 Å². The van der Waals surface area contributed by atoms with Crippen molar-refractivity contribution in [3.05, 3.63) is 36.5 Å². The molecule has 0 aliphatic carbocycles. The molecule has 2 aromatic rings. The molecule has 11 heteroatoms. The van der Waals surface area contributed by atoms with Gasteiger partial charge in [-0.05, 0) is 25.1 Å². The van der Waals surface area contributed by atoms with Gasteiger partial charge < -0.3 is 25.2 Å². The van der Waals surface area contributed by atoms with E-state index in [1.165, 1.54) is 0 Å². The van der Waals surface area contributed by atoms with Crippen LogP contribution in [0.25, 0.3) is 0 Å².